The fourth-order valence-electron chi connectivity index (χ4n) is 1.63. The Labute approximate surface area is 111 Å². The van der Waals surface area contributed by atoms with E-state index in [0.29, 0.717) is 11.3 Å². The summed E-state index contributed by atoms with van der Waals surface area (Å²) in [5, 5.41) is 5.08. The van der Waals surface area contributed by atoms with E-state index in [4.69, 9.17) is 0 Å². The Bertz CT molecular complexity index is 320. The minimum absolute atomic E-state index is 0.565. The molecule has 0 aliphatic rings. The van der Waals surface area contributed by atoms with Gasteiger partial charge in [-0.05, 0) is 48.0 Å². The molecular weight excluding hydrogens is 284 g/mol. The summed E-state index contributed by atoms with van der Waals surface area (Å²) >= 11 is 5.35. The number of thioether (sulfide) groups is 1. The van der Waals surface area contributed by atoms with Crippen LogP contribution in [0, 0.1) is 0 Å². The molecule has 0 amide bonds. The summed E-state index contributed by atoms with van der Waals surface area (Å²) in [7, 11) is 0. The van der Waals surface area contributed by atoms with Crippen molar-refractivity contribution in [1.29, 1.82) is 0 Å². The van der Waals surface area contributed by atoms with E-state index in [2.05, 4.69) is 47.0 Å². The lowest BCUT2D eigenvalue weighted by Gasteiger charge is -2.17. The molecule has 16 heavy (non-hydrogen) atoms. The molecule has 1 aromatic heterocycles. The fourth-order valence-corrected chi connectivity index (χ4v) is 3.23. The summed E-state index contributed by atoms with van der Waals surface area (Å²) in [4.78, 5) is 4.37. The quantitative estimate of drug-likeness (QED) is 0.811. The van der Waals surface area contributed by atoms with E-state index in [-0.39, 0.29) is 0 Å². The SMILES string of the molecule is CCNC(C)CC(C)Sc1ncccc1Br. The lowest BCUT2D eigenvalue weighted by molar-refractivity contribution is 0.530. The minimum Gasteiger partial charge on any atom is -0.314 e. The molecule has 2 atom stereocenters. The highest BCUT2D eigenvalue weighted by Gasteiger charge is 2.11. The van der Waals surface area contributed by atoms with Crippen LogP contribution in [0.4, 0.5) is 0 Å². The Hall–Kier alpha value is -0.0600. The normalized spacial score (nSPS) is 14.8. The van der Waals surface area contributed by atoms with E-state index in [0.717, 1.165) is 22.5 Å². The van der Waals surface area contributed by atoms with E-state index < -0.39 is 0 Å². The summed E-state index contributed by atoms with van der Waals surface area (Å²) in [6, 6.07) is 4.55. The lowest BCUT2D eigenvalue weighted by atomic mass is 10.2. The van der Waals surface area contributed by atoms with Gasteiger partial charge in [-0.2, -0.15) is 0 Å². The third-order valence-corrected chi connectivity index (χ3v) is 4.32. The van der Waals surface area contributed by atoms with E-state index in [1.54, 1.807) is 0 Å². The van der Waals surface area contributed by atoms with Gasteiger partial charge in [-0.3, -0.25) is 0 Å². The third kappa shape index (κ3) is 4.85. The molecule has 0 bridgehead atoms. The molecule has 1 heterocycles. The van der Waals surface area contributed by atoms with Crippen molar-refractivity contribution < 1.29 is 0 Å². The molecule has 90 valence electrons. The number of hydrogen-bond acceptors (Lipinski definition) is 3. The molecule has 2 unspecified atom stereocenters. The standard InChI is InChI=1S/C12H19BrN2S/c1-4-14-9(2)8-10(3)16-12-11(13)6-5-7-15-12/h5-7,9-10,14H,4,8H2,1-3H3. The number of halogens is 1. The second-order valence-electron chi connectivity index (χ2n) is 3.91. The molecule has 0 saturated heterocycles. The van der Waals surface area contributed by atoms with Crippen molar-refractivity contribution in [2.75, 3.05) is 6.54 Å². The molecule has 0 aliphatic heterocycles. The summed E-state index contributed by atoms with van der Waals surface area (Å²) in [6.45, 7) is 7.66. The zero-order chi connectivity index (χ0) is 12.0. The second kappa shape index (κ2) is 7.30. The van der Waals surface area contributed by atoms with Gasteiger partial charge in [-0.25, -0.2) is 4.98 Å². The van der Waals surface area contributed by atoms with Crippen molar-refractivity contribution >= 4 is 27.7 Å². The van der Waals surface area contributed by atoms with Crippen molar-refractivity contribution in [3.63, 3.8) is 0 Å². The smallest absolute Gasteiger partial charge is 0.110 e. The number of pyridine rings is 1. The Morgan fingerprint density at radius 2 is 2.25 bits per heavy atom. The fraction of sp³-hybridized carbons (Fsp3) is 0.583. The van der Waals surface area contributed by atoms with Crippen LogP contribution in [0.3, 0.4) is 0 Å². The molecular formula is C12H19BrN2S. The predicted molar refractivity (Wildman–Crippen MR) is 75.0 cm³/mol. The number of rotatable bonds is 6. The first-order valence-electron chi connectivity index (χ1n) is 5.64. The maximum absolute atomic E-state index is 4.37. The summed E-state index contributed by atoms with van der Waals surface area (Å²) < 4.78 is 1.09. The van der Waals surface area contributed by atoms with Gasteiger partial charge in [0, 0.05) is 22.0 Å². The van der Waals surface area contributed by atoms with Gasteiger partial charge in [0.15, 0.2) is 0 Å². The van der Waals surface area contributed by atoms with Gasteiger partial charge in [0.25, 0.3) is 0 Å². The van der Waals surface area contributed by atoms with Crippen molar-refractivity contribution in [2.24, 2.45) is 0 Å². The van der Waals surface area contributed by atoms with Crippen LogP contribution in [0.5, 0.6) is 0 Å². The Kier molecular flexibility index (Phi) is 6.39. The number of nitrogens with one attached hydrogen (secondary N) is 1. The summed E-state index contributed by atoms with van der Waals surface area (Å²) in [5.74, 6) is 0. The largest absolute Gasteiger partial charge is 0.314 e. The van der Waals surface area contributed by atoms with Gasteiger partial charge in [-0.1, -0.05) is 13.8 Å². The van der Waals surface area contributed by atoms with Gasteiger partial charge < -0.3 is 5.32 Å². The number of aromatic nitrogens is 1. The van der Waals surface area contributed by atoms with Crippen molar-refractivity contribution in [1.82, 2.24) is 10.3 Å². The lowest BCUT2D eigenvalue weighted by Crippen LogP contribution is -2.28. The van der Waals surface area contributed by atoms with E-state index in [9.17, 15) is 0 Å². The first-order valence-corrected chi connectivity index (χ1v) is 7.31. The predicted octanol–water partition coefficient (Wildman–Crippen LogP) is 3.71. The minimum atomic E-state index is 0.565. The van der Waals surface area contributed by atoms with Crippen molar-refractivity contribution in [3.8, 4) is 0 Å². The second-order valence-corrected chi connectivity index (χ2v) is 6.19. The van der Waals surface area contributed by atoms with Gasteiger partial charge in [-0.15, -0.1) is 11.8 Å². The van der Waals surface area contributed by atoms with E-state index >= 15 is 0 Å². The molecule has 0 fully saturated rings. The Morgan fingerprint density at radius 1 is 1.50 bits per heavy atom. The maximum Gasteiger partial charge on any atom is 0.110 e. The number of hydrogen-bond donors (Lipinski definition) is 1. The summed E-state index contributed by atoms with van der Waals surface area (Å²) in [6.07, 6.45) is 3.00. The third-order valence-electron chi connectivity index (χ3n) is 2.28. The van der Waals surface area contributed by atoms with Crippen LogP contribution in [0.1, 0.15) is 27.2 Å². The molecule has 0 aromatic carbocycles. The van der Waals surface area contributed by atoms with E-state index in [1.807, 2.05) is 30.1 Å². The average molecular weight is 303 g/mol. The number of nitrogens with zero attached hydrogens (tertiary/aromatic N) is 1. The van der Waals surface area contributed by atoms with Crippen LogP contribution in [0.25, 0.3) is 0 Å². The van der Waals surface area contributed by atoms with Crippen molar-refractivity contribution in [2.45, 2.75) is 43.5 Å². The molecule has 2 nitrogen and oxygen atoms in total. The molecule has 1 aromatic rings. The first-order chi connectivity index (χ1) is 7.63. The van der Waals surface area contributed by atoms with Crippen molar-refractivity contribution in [3.05, 3.63) is 22.8 Å². The molecule has 0 aliphatic carbocycles. The molecule has 0 saturated carbocycles. The highest BCUT2D eigenvalue weighted by molar-refractivity contribution is 9.10. The van der Waals surface area contributed by atoms with Crippen LogP contribution in [-0.4, -0.2) is 22.8 Å². The summed E-state index contributed by atoms with van der Waals surface area (Å²) in [5.41, 5.74) is 0. The zero-order valence-electron chi connectivity index (χ0n) is 10.0. The molecule has 1 rings (SSSR count). The van der Waals surface area contributed by atoms with Crippen LogP contribution in [0.15, 0.2) is 27.8 Å². The zero-order valence-corrected chi connectivity index (χ0v) is 12.4. The van der Waals surface area contributed by atoms with Gasteiger partial charge >= 0.3 is 0 Å². The molecule has 0 radical (unpaired) electrons. The Morgan fingerprint density at radius 3 is 2.88 bits per heavy atom. The van der Waals surface area contributed by atoms with Crippen LogP contribution < -0.4 is 5.32 Å². The molecule has 1 N–H and O–H groups in total. The van der Waals surface area contributed by atoms with Gasteiger partial charge in [0.05, 0.1) is 0 Å². The highest BCUT2D eigenvalue weighted by Crippen LogP contribution is 2.29. The van der Waals surface area contributed by atoms with Crippen LogP contribution in [0.2, 0.25) is 0 Å². The topological polar surface area (TPSA) is 24.9 Å². The monoisotopic (exact) mass is 302 g/mol. The molecule has 4 heteroatoms. The van der Waals surface area contributed by atoms with Crippen LogP contribution in [-0.2, 0) is 0 Å². The van der Waals surface area contributed by atoms with Gasteiger partial charge in [0.1, 0.15) is 5.03 Å². The molecule has 0 spiro atoms. The van der Waals surface area contributed by atoms with E-state index in [1.165, 1.54) is 0 Å². The average Bonchev–Trinajstić information content (AvgIpc) is 2.21. The van der Waals surface area contributed by atoms with Crippen LogP contribution >= 0.6 is 27.7 Å². The maximum atomic E-state index is 4.37. The first kappa shape index (κ1) is 14.0. The Balaban J connectivity index is 2.45. The van der Waals surface area contributed by atoms with Gasteiger partial charge in [0.2, 0.25) is 0 Å². The highest BCUT2D eigenvalue weighted by atomic mass is 79.9.